The van der Waals surface area contributed by atoms with Crippen molar-refractivity contribution in [1.29, 1.82) is 0 Å². The van der Waals surface area contributed by atoms with Crippen molar-refractivity contribution >= 4 is 22.4 Å². The number of fused-ring (bicyclic) bond motifs is 1. The van der Waals surface area contributed by atoms with Gasteiger partial charge >= 0.3 is 5.97 Å². The van der Waals surface area contributed by atoms with Crippen LogP contribution in [0.5, 0.6) is 0 Å². The van der Waals surface area contributed by atoms with Gasteiger partial charge < -0.3 is 15.2 Å². The Bertz CT molecular complexity index is 566. The molecule has 94 valence electrons. The second kappa shape index (κ2) is 5.51. The number of hydrogen-bond acceptors (Lipinski definition) is 4. The highest BCUT2D eigenvalue weighted by molar-refractivity contribution is 6.01. The molecular formula is C14H15NO3. The van der Waals surface area contributed by atoms with Gasteiger partial charge in [0.1, 0.15) is 6.61 Å². The first-order valence-electron chi connectivity index (χ1n) is 5.66. The van der Waals surface area contributed by atoms with Crippen LogP contribution in [0.15, 0.2) is 36.4 Å². The number of nitrogens with two attached hydrogens (primary N) is 1. The van der Waals surface area contributed by atoms with E-state index in [1.54, 1.807) is 19.2 Å². The number of benzene rings is 2. The molecule has 4 nitrogen and oxygen atoms in total. The summed E-state index contributed by atoms with van der Waals surface area (Å²) < 4.78 is 9.87. The molecular weight excluding hydrogens is 230 g/mol. The number of methoxy groups -OCH3 is 1. The summed E-state index contributed by atoms with van der Waals surface area (Å²) in [5.41, 5.74) is 6.68. The van der Waals surface area contributed by atoms with Gasteiger partial charge in [-0.05, 0) is 22.9 Å². The summed E-state index contributed by atoms with van der Waals surface area (Å²) in [6, 6.07) is 11.3. The number of nitrogen functional groups attached to an aromatic ring is 1. The minimum Gasteiger partial charge on any atom is -0.460 e. The van der Waals surface area contributed by atoms with E-state index in [1.165, 1.54) is 0 Å². The monoisotopic (exact) mass is 245 g/mol. The topological polar surface area (TPSA) is 61.5 Å². The summed E-state index contributed by atoms with van der Waals surface area (Å²) in [6.07, 6.45) is 0. The Hall–Kier alpha value is -2.07. The Morgan fingerprint density at radius 2 is 1.83 bits per heavy atom. The number of esters is 1. The van der Waals surface area contributed by atoms with Crippen molar-refractivity contribution in [2.75, 3.05) is 26.1 Å². The summed E-state index contributed by atoms with van der Waals surface area (Å²) >= 11 is 0. The van der Waals surface area contributed by atoms with Crippen LogP contribution in [0.1, 0.15) is 10.4 Å². The van der Waals surface area contributed by atoms with Crippen LogP contribution >= 0.6 is 0 Å². The fraction of sp³-hybridized carbons (Fsp3) is 0.214. The average molecular weight is 245 g/mol. The van der Waals surface area contributed by atoms with E-state index in [0.717, 1.165) is 10.8 Å². The third kappa shape index (κ3) is 2.60. The predicted octanol–water partition coefficient (Wildman–Crippen LogP) is 2.23. The fourth-order valence-corrected chi connectivity index (χ4v) is 1.73. The van der Waals surface area contributed by atoms with Crippen LogP contribution in [0.3, 0.4) is 0 Å². The van der Waals surface area contributed by atoms with Gasteiger partial charge in [-0.2, -0.15) is 0 Å². The Morgan fingerprint density at radius 3 is 2.50 bits per heavy atom. The number of carbonyl (C=O) groups excluding carboxylic acids is 1. The van der Waals surface area contributed by atoms with E-state index >= 15 is 0 Å². The minimum absolute atomic E-state index is 0.224. The first-order valence-corrected chi connectivity index (χ1v) is 5.66. The number of rotatable bonds is 4. The normalized spacial score (nSPS) is 10.5. The van der Waals surface area contributed by atoms with Gasteiger partial charge in [0.25, 0.3) is 0 Å². The molecule has 0 aliphatic heterocycles. The molecule has 0 aromatic heterocycles. The fourth-order valence-electron chi connectivity index (χ4n) is 1.73. The second-order valence-electron chi connectivity index (χ2n) is 3.92. The molecule has 0 fully saturated rings. The van der Waals surface area contributed by atoms with Gasteiger partial charge in [0.05, 0.1) is 12.2 Å². The van der Waals surface area contributed by atoms with Crippen molar-refractivity contribution in [3.8, 4) is 0 Å². The van der Waals surface area contributed by atoms with Gasteiger partial charge in [0.15, 0.2) is 0 Å². The van der Waals surface area contributed by atoms with E-state index in [4.69, 9.17) is 15.2 Å². The standard InChI is InChI=1S/C14H15NO3/c1-17-6-7-18-14(16)12-8-10-4-2-3-5-11(10)9-13(12)15/h2-5,8-9H,6-7,15H2,1H3. The summed E-state index contributed by atoms with van der Waals surface area (Å²) in [7, 11) is 1.55. The van der Waals surface area contributed by atoms with E-state index in [9.17, 15) is 4.79 Å². The van der Waals surface area contributed by atoms with Gasteiger partial charge in [-0.3, -0.25) is 0 Å². The van der Waals surface area contributed by atoms with Gasteiger partial charge in [0.2, 0.25) is 0 Å². The largest absolute Gasteiger partial charge is 0.460 e. The van der Waals surface area contributed by atoms with Crippen LogP contribution in [-0.2, 0) is 9.47 Å². The molecule has 0 bridgehead atoms. The Labute approximate surface area is 105 Å². The highest BCUT2D eigenvalue weighted by atomic mass is 16.6. The van der Waals surface area contributed by atoms with Gasteiger partial charge in [-0.15, -0.1) is 0 Å². The van der Waals surface area contributed by atoms with Crippen molar-refractivity contribution in [3.63, 3.8) is 0 Å². The van der Waals surface area contributed by atoms with Crippen LogP contribution in [-0.4, -0.2) is 26.3 Å². The van der Waals surface area contributed by atoms with Crippen LogP contribution in [0, 0.1) is 0 Å². The van der Waals surface area contributed by atoms with Crippen LogP contribution < -0.4 is 5.73 Å². The molecule has 2 N–H and O–H groups in total. The molecule has 0 heterocycles. The molecule has 4 heteroatoms. The number of anilines is 1. The van der Waals surface area contributed by atoms with E-state index in [-0.39, 0.29) is 6.61 Å². The molecule has 2 rings (SSSR count). The van der Waals surface area contributed by atoms with Crippen LogP contribution in [0.4, 0.5) is 5.69 Å². The molecule has 2 aromatic rings. The zero-order valence-corrected chi connectivity index (χ0v) is 10.2. The Kier molecular flexibility index (Phi) is 3.79. The quantitative estimate of drug-likeness (QED) is 0.509. The Morgan fingerprint density at radius 1 is 1.17 bits per heavy atom. The highest BCUT2D eigenvalue weighted by Gasteiger charge is 2.12. The lowest BCUT2D eigenvalue weighted by Crippen LogP contribution is -2.11. The highest BCUT2D eigenvalue weighted by Crippen LogP contribution is 2.22. The molecule has 0 unspecified atom stereocenters. The lowest BCUT2D eigenvalue weighted by Gasteiger charge is -2.08. The molecule has 0 aliphatic rings. The third-order valence-corrected chi connectivity index (χ3v) is 2.66. The van der Waals surface area contributed by atoms with Crippen molar-refractivity contribution < 1.29 is 14.3 Å². The molecule has 0 atom stereocenters. The number of hydrogen-bond donors (Lipinski definition) is 1. The molecule has 0 radical (unpaired) electrons. The smallest absolute Gasteiger partial charge is 0.340 e. The summed E-state index contributed by atoms with van der Waals surface area (Å²) in [5.74, 6) is -0.421. The van der Waals surface area contributed by atoms with Crippen LogP contribution in [0.2, 0.25) is 0 Å². The third-order valence-electron chi connectivity index (χ3n) is 2.66. The maximum atomic E-state index is 11.8. The first kappa shape index (κ1) is 12.4. The molecule has 2 aromatic carbocycles. The summed E-state index contributed by atoms with van der Waals surface area (Å²) in [4.78, 5) is 11.8. The number of ether oxygens (including phenoxy) is 2. The lowest BCUT2D eigenvalue weighted by molar-refractivity contribution is 0.0389. The zero-order chi connectivity index (χ0) is 13.0. The van der Waals surface area contributed by atoms with Crippen molar-refractivity contribution in [2.45, 2.75) is 0 Å². The SMILES string of the molecule is COCCOC(=O)c1cc2ccccc2cc1N. The molecule has 0 saturated carbocycles. The van der Waals surface area contributed by atoms with Crippen molar-refractivity contribution in [2.24, 2.45) is 0 Å². The first-order chi connectivity index (χ1) is 8.72. The summed E-state index contributed by atoms with van der Waals surface area (Å²) in [6.45, 7) is 0.598. The Balaban J connectivity index is 2.27. The molecule has 0 amide bonds. The van der Waals surface area contributed by atoms with E-state index in [0.29, 0.717) is 17.9 Å². The minimum atomic E-state index is -0.421. The average Bonchev–Trinajstić information content (AvgIpc) is 2.38. The number of carbonyl (C=O) groups is 1. The summed E-state index contributed by atoms with van der Waals surface area (Å²) in [5, 5.41) is 1.97. The van der Waals surface area contributed by atoms with Crippen LogP contribution in [0.25, 0.3) is 10.8 Å². The second-order valence-corrected chi connectivity index (χ2v) is 3.92. The molecule has 18 heavy (non-hydrogen) atoms. The van der Waals surface area contributed by atoms with Gasteiger partial charge in [-0.25, -0.2) is 4.79 Å². The maximum Gasteiger partial charge on any atom is 0.340 e. The van der Waals surface area contributed by atoms with Gasteiger partial charge in [0, 0.05) is 12.8 Å². The lowest BCUT2D eigenvalue weighted by atomic mass is 10.1. The van der Waals surface area contributed by atoms with E-state index in [1.807, 2.05) is 24.3 Å². The molecule has 0 aliphatic carbocycles. The van der Waals surface area contributed by atoms with E-state index in [2.05, 4.69) is 0 Å². The molecule has 0 spiro atoms. The van der Waals surface area contributed by atoms with E-state index < -0.39 is 5.97 Å². The van der Waals surface area contributed by atoms with Crippen molar-refractivity contribution in [1.82, 2.24) is 0 Å². The van der Waals surface area contributed by atoms with Crippen molar-refractivity contribution in [3.05, 3.63) is 42.0 Å². The molecule has 0 saturated heterocycles. The zero-order valence-electron chi connectivity index (χ0n) is 10.2. The maximum absolute atomic E-state index is 11.8. The van der Waals surface area contributed by atoms with Gasteiger partial charge in [-0.1, -0.05) is 24.3 Å². The predicted molar refractivity (Wildman–Crippen MR) is 70.5 cm³/mol.